The van der Waals surface area contributed by atoms with Gasteiger partial charge in [-0.3, -0.25) is 0 Å². The van der Waals surface area contributed by atoms with Crippen LogP contribution < -0.4 is 22.9 Å². The summed E-state index contributed by atoms with van der Waals surface area (Å²) in [5, 5.41) is 69.7. The SMILES string of the molecule is NC1CC1.NC1CC1.NC1CC1.NC1CC1.O=C(O)O.O=C(O)O.O=C(O)O.O=C(O)O.O=C(O)O. The smallest absolute Gasteiger partial charge is 0.450 e. The molecule has 18 N–H and O–H groups in total. The Morgan fingerprint density at radius 2 is 0.361 bits per heavy atom. The maximum absolute atomic E-state index is 8.56. The highest BCUT2D eigenvalue weighted by Crippen LogP contribution is 2.14. The summed E-state index contributed by atoms with van der Waals surface area (Å²) in [6, 6.07) is 2.33. The van der Waals surface area contributed by atoms with Gasteiger partial charge in [0.1, 0.15) is 0 Å². The first-order valence-electron chi connectivity index (χ1n) is 9.86. The van der Waals surface area contributed by atoms with Gasteiger partial charge in [0.15, 0.2) is 0 Å². The zero-order valence-corrected chi connectivity index (χ0v) is 19.3. The summed E-state index contributed by atoms with van der Waals surface area (Å²) in [4.78, 5) is 42.8. The molecule has 0 heterocycles. The first-order valence-corrected chi connectivity index (χ1v) is 9.86. The molecule has 0 saturated heterocycles. The van der Waals surface area contributed by atoms with E-state index in [0.29, 0.717) is 24.2 Å². The lowest BCUT2D eigenvalue weighted by Gasteiger charge is -1.60. The lowest BCUT2D eigenvalue weighted by Crippen LogP contribution is -1.94. The first kappa shape index (κ1) is 42.4. The maximum atomic E-state index is 8.56. The quantitative estimate of drug-likeness (QED) is 0.208. The summed E-state index contributed by atoms with van der Waals surface area (Å²) >= 11 is 0. The van der Waals surface area contributed by atoms with Gasteiger partial charge in [0.2, 0.25) is 0 Å². The molecule has 4 fully saturated rings. The van der Waals surface area contributed by atoms with Crippen LogP contribution in [0.5, 0.6) is 0 Å². The highest BCUT2D eigenvalue weighted by Gasteiger charge is 2.14. The molecule has 0 aromatic carbocycles. The molecule has 19 nitrogen and oxygen atoms in total. The number of carboxylic acid groups (broad SMARTS) is 10. The van der Waals surface area contributed by atoms with Crippen molar-refractivity contribution in [2.45, 2.75) is 75.5 Å². The zero-order valence-electron chi connectivity index (χ0n) is 19.3. The van der Waals surface area contributed by atoms with E-state index in [2.05, 4.69) is 0 Å². The van der Waals surface area contributed by atoms with Crippen LogP contribution in [-0.2, 0) is 0 Å². The van der Waals surface area contributed by atoms with Gasteiger partial charge in [-0.25, -0.2) is 24.0 Å². The number of carbonyl (C=O) groups is 5. The third-order valence-electron chi connectivity index (χ3n) is 2.49. The van der Waals surface area contributed by atoms with E-state index in [1.54, 1.807) is 0 Å². The average molecular weight is 539 g/mol. The molecule has 0 spiro atoms. The number of rotatable bonds is 0. The molecule has 4 aliphatic rings. The Morgan fingerprint density at radius 1 is 0.333 bits per heavy atom. The van der Waals surface area contributed by atoms with Gasteiger partial charge in [-0.05, 0) is 51.4 Å². The van der Waals surface area contributed by atoms with Crippen molar-refractivity contribution in [2.75, 3.05) is 0 Å². The van der Waals surface area contributed by atoms with Crippen molar-refractivity contribution in [1.82, 2.24) is 0 Å². The number of hydrogen-bond donors (Lipinski definition) is 14. The Labute approximate surface area is 205 Å². The van der Waals surface area contributed by atoms with Crippen molar-refractivity contribution < 1.29 is 75.0 Å². The minimum absolute atomic E-state index is 0.583. The molecule has 0 radical (unpaired) electrons. The van der Waals surface area contributed by atoms with Crippen LogP contribution >= 0.6 is 0 Å². The standard InChI is InChI=1S/4C3H7N.5CH2O3/c4*4-3-1-2-3;5*2-1(3)4/h4*3H,1-2,4H2;5*(H2,2,3,4). The highest BCUT2D eigenvalue weighted by atomic mass is 16.6. The number of nitrogens with two attached hydrogens (primary N) is 4. The van der Waals surface area contributed by atoms with Gasteiger partial charge in [0.25, 0.3) is 0 Å². The Balaban J connectivity index is -0.000000100. The predicted octanol–water partition coefficient (Wildman–Crippen LogP) is 1.54. The second-order valence-electron chi connectivity index (χ2n) is 6.76. The molecule has 36 heavy (non-hydrogen) atoms. The second kappa shape index (κ2) is 29.2. The topological polar surface area (TPSA) is 392 Å². The predicted molar refractivity (Wildman–Crippen MR) is 122 cm³/mol. The van der Waals surface area contributed by atoms with Crippen LogP contribution in [0.2, 0.25) is 0 Å². The van der Waals surface area contributed by atoms with E-state index in [1.807, 2.05) is 0 Å². The molecule has 0 atom stereocenters. The summed E-state index contributed by atoms with van der Waals surface area (Å²) in [7, 11) is 0. The molecule has 4 aliphatic carbocycles. The fourth-order valence-electron chi connectivity index (χ4n) is 0.385. The minimum atomic E-state index is -1.83. The number of hydrogen-bond acceptors (Lipinski definition) is 9. The van der Waals surface area contributed by atoms with Crippen molar-refractivity contribution in [2.24, 2.45) is 22.9 Å². The molecule has 216 valence electrons. The highest BCUT2D eigenvalue weighted by molar-refractivity contribution is 5.54. The van der Waals surface area contributed by atoms with Crippen LogP contribution in [0.1, 0.15) is 51.4 Å². The Morgan fingerprint density at radius 3 is 0.361 bits per heavy atom. The average Bonchev–Trinajstić information content (AvgIpc) is 3.40. The van der Waals surface area contributed by atoms with E-state index < -0.39 is 30.8 Å². The first-order chi connectivity index (χ1) is 16.2. The molecule has 0 aromatic rings. The summed E-state index contributed by atoms with van der Waals surface area (Å²) in [6.07, 6.45) is 0.944. The van der Waals surface area contributed by atoms with E-state index in [-0.39, 0.29) is 0 Å². The largest absolute Gasteiger partial charge is 0.503 e. The van der Waals surface area contributed by atoms with E-state index in [9.17, 15) is 0 Å². The molecule has 0 amide bonds. The normalized spacial score (nSPS) is 15.0. The van der Waals surface area contributed by atoms with Crippen LogP contribution in [0, 0.1) is 0 Å². The third kappa shape index (κ3) is 383. The van der Waals surface area contributed by atoms with E-state index >= 15 is 0 Å². The minimum Gasteiger partial charge on any atom is -0.450 e. The van der Waals surface area contributed by atoms with Crippen LogP contribution in [0.25, 0.3) is 0 Å². The van der Waals surface area contributed by atoms with Crippen molar-refractivity contribution in [3.63, 3.8) is 0 Å². The van der Waals surface area contributed by atoms with Gasteiger partial charge in [0.05, 0.1) is 0 Å². The van der Waals surface area contributed by atoms with Crippen LogP contribution in [0.4, 0.5) is 24.0 Å². The fourth-order valence-corrected chi connectivity index (χ4v) is 0.385. The summed E-state index contributed by atoms with van der Waals surface area (Å²) in [5.74, 6) is 0. The maximum Gasteiger partial charge on any atom is 0.503 e. The van der Waals surface area contributed by atoms with Gasteiger partial charge in [-0.1, -0.05) is 0 Å². The lowest BCUT2D eigenvalue weighted by molar-refractivity contribution is 0.135. The Kier molecular flexibility index (Phi) is 34.4. The van der Waals surface area contributed by atoms with Gasteiger partial charge in [-0.15, -0.1) is 0 Å². The summed E-state index contributed by atoms with van der Waals surface area (Å²) in [6.45, 7) is 0. The molecule has 0 unspecified atom stereocenters. The van der Waals surface area contributed by atoms with Crippen molar-refractivity contribution in [1.29, 1.82) is 0 Å². The third-order valence-corrected chi connectivity index (χ3v) is 2.49. The van der Waals surface area contributed by atoms with Gasteiger partial charge >= 0.3 is 30.8 Å². The molecular formula is C17H38N4O15. The molecular weight excluding hydrogens is 500 g/mol. The lowest BCUT2D eigenvalue weighted by atomic mass is 10.8. The molecule has 0 aromatic heterocycles. The Hall–Kier alpha value is -3.81. The molecule has 4 rings (SSSR count). The summed E-state index contributed by atoms with van der Waals surface area (Å²) < 4.78 is 0. The van der Waals surface area contributed by atoms with E-state index in [0.717, 1.165) is 0 Å². The molecule has 0 bridgehead atoms. The van der Waals surface area contributed by atoms with E-state index in [4.69, 9.17) is 98.0 Å². The van der Waals surface area contributed by atoms with Crippen LogP contribution in [0.15, 0.2) is 0 Å². The Bertz CT molecular complexity index is 449. The molecule has 0 aliphatic heterocycles. The fraction of sp³-hybridized carbons (Fsp3) is 0.706. The van der Waals surface area contributed by atoms with Crippen molar-refractivity contribution in [3.05, 3.63) is 0 Å². The van der Waals surface area contributed by atoms with Crippen molar-refractivity contribution >= 4 is 30.8 Å². The van der Waals surface area contributed by atoms with E-state index in [1.165, 1.54) is 51.4 Å². The molecule has 4 saturated carbocycles. The van der Waals surface area contributed by atoms with Crippen LogP contribution in [0.3, 0.4) is 0 Å². The summed E-state index contributed by atoms with van der Waals surface area (Å²) in [5.41, 5.74) is 20.9. The van der Waals surface area contributed by atoms with Gasteiger partial charge < -0.3 is 74.0 Å². The second-order valence-corrected chi connectivity index (χ2v) is 6.76. The molecule has 19 heteroatoms. The van der Waals surface area contributed by atoms with Gasteiger partial charge in [0, 0.05) is 24.2 Å². The monoisotopic (exact) mass is 538 g/mol. The van der Waals surface area contributed by atoms with Crippen LogP contribution in [-0.4, -0.2) is 106 Å². The van der Waals surface area contributed by atoms with Gasteiger partial charge in [-0.2, -0.15) is 0 Å². The van der Waals surface area contributed by atoms with Crippen molar-refractivity contribution in [3.8, 4) is 0 Å². The zero-order chi connectivity index (χ0) is 29.9.